The number of aromatic carboxylic acids is 1. The van der Waals surface area contributed by atoms with Crippen LogP contribution in [0.1, 0.15) is 10.4 Å². The number of carboxylic acid groups (broad SMARTS) is 1. The Kier molecular flexibility index (Phi) is 2.09. The molecular weight excluding hydrogens is 198 g/mol. The number of aromatic hydroxyl groups is 1. The van der Waals surface area contributed by atoms with Crippen molar-refractivity contribution in [2.45, 2.75) is 0 Å². The maximum atomic E-state index is 10.6. The minimum Gasteiger partial charge on any atom is -0.493 e. The molecule has 2 heterocycles. The standard InChI is InChI=1S/C9H7N3O3/c13-8-3-4-11-12(8)7-2-1-6(5-10-7)9(14)15/h1-5,13H,(H,14,15). The van der Waals surface area contributed by atoms with Gasteiger partial charge in [0.25, 0.3) is 0 Å². The summed E-state index contributed by atoms with van der Waals surface area (Å²) in [6.45, 7) is 0. The Balaban J connectivity index is 2.40. The van der Waals surface area contributed by atoms with Gasteiger partial charge in [0.15, 0.2) is 5.82 Å². The van der Waals surface area contributed by atoms with Crippen LogP contribution in [0.15, 0.2) is 30.6 Å². The highest BCUT2D eigenvalue weighted by molar-refractivity contribution is 5.87. The molecule has 0 bridgehead atoms. The molecular formula is C9H7N3O3. The summed E-state index contributed by atoms with van der Waals surface area (Å²) in [4.78, 5) is 14.4. The van der Waals surface area contributed by atoms with Gasteiger partial charge in [-0.25, -0.2) is 9.78 Å². The van der Waals surface area contributed by atoms with Crippen LogP contribution in [0.4, 0.5) is 0 Å². The molecule has 2 aromatic heterocycles. The average Bonchev–Trinajstić information content (AvgIpc) is 2.65. The van der Waals surface area contributed by atoms with Crippen LogP contribution in [0, 0.1) is 0 Å². The number of carbonyl (C=O) groups is 1. The van der Waals surface area contributed by atoms with E-state index < -0.39 is 5.97 Å². The maximum absolute atomic E-state index is 10.6. The van der Waals surface area contributed by atoms with Crippen molar-refractivity contribution in [3.05, 3.63) is 36.2 Å². The third-order valence-electron chi connectivity index (χ3n) is 1.83. The molecule has 0 aromatic carbocycles. The van der Waals surface area contributed by atoms with Gasteiger partial charge in [-0.3, -0.25) is 0 Å². The lowest BCUT2D eigenvalue weighted by molar-refractivity contribution is 0.0696. The van der Waals surface area contributed by atoms with E-state index in [2.05, 4.69) is 10.1 Å². The molecule has 0 fully saturated rings. The van der Waals surface area contributed by atoms with E-state index in [1.54, 1.807) is 0 Å². The van der Waals surface area contributed by atoms with E-state index in [1.165, 1.54) is 35.3 Å². The Hall–Kier alpha value is -2.37. The number of nitrogens with zero attached hydrogens (tertiary/aromatic N) is 3. The zero-order valence-corrected chi connectivity index (χ0v) is 7.53. The van der Waals surface area contributed by atoms with Crippen molar-refractivity contribution in [1.82, 2.24) is 14.8 Å². The Morgan fingerprint density at radius 3 is 2.60 bits per heavy atom. The van der Waals surface area contributed by atoms with E-state index in [-0.39, 0.29) is 11.4 Å². The molecule has 0 radical (unpaired) electrons. The molecule has 2 aromatic rings. The Morgan fingerprint density at radius 2 is 2.13 bits per heavy atom. The molecule has 0 saturated carbocycles. The lowest BCUT2D eigenvalue weighted by Crippen LogP contribution is -2.02. The molecule has 0 saturated heterocycles. The molecule has 76 valence electrons. The number of hydrogen-bond donors (Lipinski definition) is 2. The van der Waals surface area contributed by atoms with Crippen LogP contribution in [-0.2, 0) is 0 Å². The van der Waals surface area contributed by atoms with Crippen LogP contribution in [0.25, 0.3) is 5.82 Å². The molecule has 0 aliphatic carbocycles. The molecule has 0 atom stereocenters. The fourth-order valence-electron chi connectivity index (χ4n) is 1.11. The second-order valence-corrected chi connectivity index (χ2v) is 2.81. The Labute approximate surface area is 84.4 Å². The first-order chi connectivity index (χ1) is 7.18. The fourth-order valence-corrected chi connectivity index (χ4v) is 1.11. The van der Waals surface area contributed by atoms with Gasteiger partial charge < -0.3 is 10.2 Å². The van der Waals surface area contributed by atoms with Crippen molar-refractivity contribution in [3.8, 4) is 11.7 Å². The van der Waals surface area contributed by atoms with E-state index in [1.807, 2.05) is 0 Å². The fraction of sp³-hybridized carbons (Fsp3) is 0. The highest BCUT2D eigenvalue weighted by atomic mass is 16.4. The van der Waals surface area contributed by atoms with Crippen LogP contribution in [0.2, 0.25) is 0 Å². The first kappa shape index (κ1) is 9.20. The minimum atomic E-state index is -1.04. The molecule has 0 spiro atoms. The molecule has 2 N–H and O–H groups in total. The van der Waals surface area contributed by atoms with Crippen LogP contribution in [0.3, 0.4) is 0 Å². The topological polar surface area (TPSA) is 88.2 Å². The lowest BCUT2D eigenvalue weighted by atomic mass is 10.3. The van der Waals surface area contributed by atoms with Crippen molar-refractivity contribution in [2.24, 2.45) is 0 Å². The van der Waals surface area contributed by atoms with Crippen LogP contribution >= 0.6 is 0 Å². The van der Waals surface area contributed by atoms with Crippen LogP contribution < -0.4 is 0 Å². The second-order valence-electron chi connectivity index (χ2n) is 2.81. The zero-order valence-electron chi connectivity index (χ0n) is 7.53. The molecule has 0 amide bonds. The molecule has 0 aliphatic heterocycles. The number of aromatic nitrogens is 3. The van der Waals surface area contributed by atoms with Gasteiger partial charge in [-0.15, -0.1) is 0 Å². The summed E-state index contributed by atoms with van der Waals surface area (Å²) in [6, 6.07) is 4.27. The summed E-state index contributed by atoms with van der Waals surface area (Å²) >= 11 is 0. The summed E-state index contributed by atoms with van der Waals surface area (Å²) in [7, 11) is 0. The van der Waals surface area contributed by atoms with Gasteiger partial charge >= 0.3 is 5.97 Å². The first-order valence-electron chi connectivity index (χ1n) is 4.11. The monoisotopic (exact) mass is 205 g/mol. The zero-order chi connectivity index (χ0) is 10.8. The maximum Gasteiger partial charge on any atom is 0.337 e. The van der Waals surface area contributed by atoms with Crippen molar-refractivity contribution < 1.29 is 15.0 Å². The van der Waals surface area contributed by atoms with Gasteiger partial charge in [-0.1, -0.05) is 0 Å². The molecule has 2 rings (SSSR count). The molecule has 6 nitrogen and oxygen atoms in total. The van der Waals surface area contributed by atoms with Crippen molar-refractivity contribution in [3.63, 3.8) is 0 Å². The number of pyridine rings is 1. The summed E-state index contributed by atoms with van der Waals surface area (Å²) in [5.41, 5.74) is 0.0883. The van der Waals surface area contributed by atoms with E-state index in [0.717, 1.165) is 0 Å². The molecule has 0 aliphatic rings. The minimum absolute atomic E-state index is 0.0504. The smallest absolute Gasteiger partial charge is 0.337 e. The van der Waals surface area contributed by atoms with Gasteiger partial charge in [0.2, 0.25) is 5.88 Å². The molecule has 0 unspecified atom stereocenters. The van der Waals surface area contributed by atoms with E-state index in [0.29, 0.717) is 5.82 Å². The third-order valence-corrected chi connectivity index (χ3v) is 1.83. The van der Waals surface area contributed by atoms with Crippen LogP contribution in [0.5, 0.6) is 5.88 Å². The summed E-state index contributed by atoms with van der Waals surface area (Å²) in [6.07, 6.45) is 2.63. The van der Waals surface area contributed by atoms with E-state index in [4.69, 9.17) is 5.11 Å². The average molecular weight is 205 g/mol. The third kappa shape index (κ3) is 1.64. The van der Waals surface area contributed by atoms with Gasteiger partial charge in [-0.05, 0) is 12.1 Å². The van der Waals surface area contributed by atoms with E-state index >= 15 is 0 Å². The Bertz CT molecular complexity index is 490. The van der Waals surface area contributed by atoms with Gasteiger partial charge in [0.1, 0.15) is 0 Å². The highest BCUT2D eigenvalue weighted by Gasteiger charge is 2.06. The van der Waals surface area contributed by atoms with Crippen molar-refractivity contribution >= 4 is 5.97 Å². The highest BCUT2D eigenvalue weighted by Crippen LogP contribution is 2.13. The predicted molar refractivity (Wildman–Crippen MR) is 50.0 cm³/mol. The molecule has 15 heavy (non-hydrogen) atoms. The normalized spacial score (nSPS) is 10.1. The lowest BCUT2D eigenvalue weighted by Gasteiger charge is -2.01. The SMILES string of the molecule is O=C(O)c1ccc(-n2nccc2O)nc1. The van der Waals surface area contributed by atoms with Crippen LogP contribution in [-0.4, -0.2) is 30.9 Å². The van der Waals surface area contributed by atoms with E-state index in [9.17, 15) is 9.90 Å². The number of carboxylic acids is 1. The summed E-state index contributed by atoms with van der Waals surface area (Å²) < 4.78 is 1.20. The first-order valence-corrected chi connectivity index (χ1v) is 4.11. The quantitative estimate of drug-likeness (QED) is 0.752. The van der Waals surface area contributed by atoms with Gasteiger partial charge in [-0.2, -0.15) is 9.78 Å². The van der Waals surface area contributed by atoms with Gasteiger partial charge in [0.05, 0.1) is 11.8 Å². The Morgan fingerprint density at radius 1 is 1.33 bits per heavy atom. The molecule has 6 heteroatoms. The number of rotatable bonds is 2. The van der Waals surface area contributed by atoms with Crippen molar-refractivity contribution in [2.75, 3.05) is 0 Å². The van der Waals surface area contributed by atoms with Gasteiger partial charge in [0, 0.05) is 12.3 Å². The summed E-state index contributed by atoms with van der Waals surface area (Å²) in [5.74, 6) is -0.730. The number of hydrogen-bond acceptors (Lipinski definition) is 4. The summed E-state index contributed by atoms with van der Waals surface area (Å²) in [5, 5.41) is 21.8. The second kappa shape index (κ2) is 3.41. The predicted octanol–water partition coefficient (Wildman–Crippen LogP) is 0.671. The largest absolute Gasteiger partial charge is 0.493 e. The van der Waals surface area contributed by atoms with Crippen molar-refractivity contribution in [1.29, 1.82) is 0 Å².